The Labute approximate surface area is 193 Å². The van der Waals surface area contributed by atoms with E-state index in [2.05, 4.69) is 9.88 Å². The summed E-state index contributed by atoms with van der Waals surface area (Å²) in [5.74, 6) is 0.894. The van der Waals surface area contributed by atoms with Gasteiger partial charge in [-0.2, -0.15) is 0 Å². The van der Waals surface area contributed by atoms with E-state index in [1.165, 1.54) is 0 Å². The van der Waals surface area contributed by atoms with Crippen LogP contribution >= 0.6 is 11.6 Å². The predicted molar refractivity (Wildman–Crippen MR) is 126 cm³/mol. The number of piperidine rings is 1. The zero-order valence-electron chi connectivity index (χ0n) is 18.3. The lowest BCUT2D eigenvalue weighted by atomic mass is 9.95. The number of rotatable bonds is 4. The smallest absolute Gasteiger partial charge is 0.250 e. The summed E-state index contributed by atoms with van der Waals surface area (Å²) in [5.41, 5.74) is 4.85. The highest BCUT2D eigenvalue weighted by molar-refractivity contribution is 6.30. The van der Waals surface area contributed by atoms with Gasteiger partial charge in [0, 0.05) is 22.8 Å². The van der Waals surface area contributed by atoms with Crippen molar-refractivity contribution < 1.29 is 9.53 Å². The summed E-state index contributed by atoms with van der Waals surface area (Å²) in [7, 11) is 1.66. The van der Waals surface area contributed by atoms with Gasteiger partial charge in [-0.1, -0.05) is 29.8 Å². The number of amides is 1. The Morgan fingerprint density at radius 1 is 1.12 bits per heavy atom. The number of nitrogens with zero attached hydrogens (tertiary/aromatic N) is 3. The van der Waals surface area contributed by atoms with Gasteiger partial charge < -0.3 is 14.2 Å². The van der Waals surface area contributed by atoms with Crippen molar-refractivity contribution in [2.24, 2.45) is 0 Å². The number of carbonyl (C=O) groups excluding carboxylic acids is 1. The van der Waals surface area contributed by atoms with Gasteiger partial charge in [-0.3, -0.25) is 4.79 Å². The third-order valence-corrected chi connectivity index (χ3v) is 6.80. The van der Waals surface area contributed by atoms with Crippen LogP contribution in [-0.2, 0) is 4.79 Å². The van der Waals surface area contributed by atoms with E-state index >= 15 is 0 Å². The summed E-state index contributed by atoms with van der Waals surface area (Å²) in [6, 6.07) is 14.4. The first-order valence-corrected chi connectivity index (χ1v) is 11.4. The van der Waals surface area contributed by atoms with E-state index in [0.29, 0.717) is 6.04 Å². The van der Waals surface area contributed by atoms with Crippen LogP contribution in [0.5, 0.6) is 5.75 Å². The Balaban J connectivity index is 1.43. The van der Waals surface area contributed by atoms with Crippen LogP contribution in [0.4, 0.5) is 0 Å². The molecule has 5 nitrogen and oxygen atoms in total. The highest BCUT2D eigenvalue weighted by Crippen LogP contribution is 2.42. The Morgan fingerprint density at radius 3 is 2.66 bits per heavy atom. The van der Waals surface area contributed by atoms with E-state index in [1.54, 1.807) is 13.4 Å². The molecule has 0 aliphatic carbocycles. The van der Waals surface area contributed by atoms with Crippen molar-refractivity contribution in [3.8, 4) is 11.4 Å². The number of benzene rings is 2. The van der Waals surface area contributed by atoms with Crippen LogP contribution in [0.25, 0.3) is 11.8 Å². The molecule has 1 aromatic heterocycles. The summed E-state index contributed by atoms with van der Waals surface area (Å²) in [5, 5.41) is 0.720. The van der Waals surface area contributed by atoms with E-state index in [4.69, 9.17) is 16.3 Å². The number of aromatic nitrogens is 2. The van der Waals surface area contributed by atoms with Crippen molar-refractivity contribution in [2.45, 2.75) is 44.7 Å². The van der Waals surface area contributed by atoms with Gasteiger partial charge >= 0.3 is 0 Å². The van der Waals surface area contributed by atoms with Crippen molar-refractivity contribution >= 4 is 23.6 Å². The van der Waals surface area contributed by atoms with Crippen molar-refractivity contribution in [3.63, 3.8) is 0 Å². The lowest BCUT2D eigenvalue weighted by Gasteiger charge is -2.35. The number of carbonyl (C=O) groups is 1. The number of hydrogen-bond acceptors (Lipinski definition) is 3. The average Bonchev–Trinajstić information content (AvgIpc) is 3.43. The third kappa shape index (κ3) is 3.82. The van der Waals surface area contributed by atoms with Gasteiger partial charge in [-0.15, -0.1) is 0 Å². The SMILES string of the molecule is COc1cc(C=C2CC[C@H]3CC[C@@H](c4ccc(Cl)cc4)N3C2=O)ccc1-n1cnc(C)c1. The fourth-order valence-corrected chi connectivity index (χ4v) is 5.09. The van der Waals surface area contributed by atoms with Crippen LogP contribution in [-0.4, -0.2) is 33.5 Å². The molecule has 2 aromatic carbocycles. The Morgan fingerprint density at radius 2 is 1.94 bits per heavy atom. The Bertz CT molecular complexity index is 1180. The molecule has 0 spiro atoms. The minimum Gasteiger partial charge on any atom is -0.495 e. The zero-order chi connectivity index (χ0) is 22.2. The molecular formula is C26H26ClN3O2. The van der Waals surface area contributed by atoms with Gasteiger partial charge in [0.25, 0.3) is 5.91 Å². The highest BCUT2D eigenvalue weighted by Gasteiger charge is 2.41. The first kappa shape index (κ1) is 20.8. The lowest BCUT2D eigenvalue weighted by Crippen LogP contribution is -2.41. The quantitative estimate of drug-likeness (QED) is 0.478. The molecule has 0 bridgehead atoms. The highest BCUT2D eigenvalue weighted by atomic mass is 35.5. The summed E-state index contributed by atoms with van der Waals surface area (Å²) in [6.07, 6.45) is 9.62. The molecule has 0 unspecified atom stereocenters. The maximum atomic E-state index is 13.5. The van der Waals surface area contributed by atoms with E-state index in [9.17, 15) is 4.79 Å². The van der Waals surface area contributed by atoms with Crippen LogP contribution < -0.4 is 4.74 Å². The van der Waals surface area contributed by atoms with Crippen molar-refractivity contribution in [2.75, 3.05) is 7.11 Å². The Hall–Kier alpha value is -3.05. The lowest BCUT2D eigenvalue weighted by molar-refractivity contribution is -0.131. The standard InChI is InChI=1S/C26H26ClN3O2/c1-17-15-29(16-28-17)24-11-3-18(14-25(24)32-2)13-20-6-9-22-10-12-23(30(22)26(20)31)19-4-7-21(27)8-5-19/h3-5,7-8,11,13-16,22-23H,6,9-10,12H2,1-2H3/t22-,23-/m0/s1. The topological polar surface area (TPSA) is 47.4 Å². The van der Waals surface area contributed by atoms with Gasteiger partial charge in [0.15, 0.2) is 0 Å². The molecule has 2 aliphatic heterocycles. The van der Waals surface area contributed by atoms with E-state index < -0.39 is 0 Å². The molecule has 3 aromatic rings. The van der Waals surface area contributed by atoms with Crippen LogP contribution in [0.2, 0.25) is 5.02 Å². The van der Waals surface area contributed by atoms with Crippen molar-refractivity contribution in [1.29, 1.82) is 0 Å². The van der Waals surface area contributed by atoms with Crippen molar-refractivity contribution in [3.05, 3.63) is 82.4 Å². The van der Waals surface area contributed by atoms with Crippen LogP contribution in [0.1, 0.15) is 48.5 Å². The molecule has 6 heteroatoms. The maximum absolute atomic E-state index is 13.5. The zero-order valence-corrected chi connectivity index (χ0v) is 19.0. The first-order valence-electron chi connectivity index (χ1n) is 11.0. The van der Waals surface area contributed by atoms with Gasteiger partial charge in [-0.05, 0) is 74.1 Å². The summed E-state index contributed by atoms with van der Waals surface area (Å²) >= 11 is 6.07. The molecule has 0 saturated carbocycles. The van der Waals surface area contributed by atoms with E-state index in [0.717, 1.165) is 64.5 Å². The number of aryl methyl sites for hydroxylation is 1. The monoisotopic (exact) mass is 447 g/mol. The van der Waals surface area contributed by atoms with Gasteiger partial charge in [0.1, 0.15) is 5.75 Å². The number of methoxy groups -OCH3 is 1. The molecule has 0 N–H and O–H groups in total. The molecule has 2 atom stereocenters. The molecule has 3 heterocycles. The fourth-order valence-electron chi connectivity index (χ4n) is 4.97. The number of fused-ring (bicyclic) bond motifs is 1. The second-order valence-corrected chi connectivity index (χ2v) is 9.01. The molecule has 1 amide bonds. The van der Waals surface area contributed by atoms with E-state index in [-0.39, 0.29) is 11.9 Å². The molecule has 2 fully saturated rings. The minimum absolute atomic E-state index is 0.120. The normalized spacial score (nSPS) is 21.8. The minimum atomic E-state index is 0.120. The van der Waals surface area contributed by atoms with Crippen LogP contribution in [0.3, 0.4) is 0 Å². The average molecular weight is 448 g/mol. The summed E-state index contributed by atoms with van der Waals surface area (Å²) in [4.78, 5) is 19.9. The fraction of sp³-hybridized carbons (Fsp3) is 0.308. The molecule has 164 valence electrons. The van der Waals surface area contributed by atoms with E-state index in [1.807, 2.05) is 66.2 Å². The van der Waals surface area contributed by atoms with Crippen LogP contribution in [0.15, 0.2) is 60.6 Å². The van der Waals surface area contributed by atoms with Gasteiger partial charge in [0.05, 0.1) is 30.9 Å². The number of halogens is 1. The number of ether oxygens (including phenoxy) is 1. The molecule has 2 aliphatic rings. The Kier molecular flexibility index (Phi) is 5.51. The molecule has 2 saturated heterocycles. The summed E-state index contributed by atoms with van der Waals surface area (Å²) in [6.45, 7) is 1.96. The number of imidazole rings is 1. The second-order valence-electron chi connectivity index (χ2n) is 8.57. The summed E-state index contributed by atoms with van der Waals surface area (Å²) < 4.78 is 7.58. The predicted octanol–water partition coefficient (Wildman–Crippen LogP) is 5.75. The molecule has 0 radical (unpaired) electrons. The number of hydrogen-bond donors (Lipinski definition) is 0. The second kappa shape index (κ2) is 8.47. The molecular weight excluding hydrogens is 422 g/mol. The van der Waals surface area contributed by atoms with Gasteiger partial charge in [-0.25, -0.2) is 4.98 Å². The molecule has 5 rings (SSSR count). The third-order valence-electron chi connectivity index (χ3n) is 6.55. The maximum Gasteiger partial charge on any atom is 0.250 e. The largest absolute Gasteiger partial charge is 0.495 e. The van der Waals surface area contributed by atoms with Gasteiger partial charge in [0.2, 0.25) is 0 Å². The first-order chi connectivity index (χ1) is 15.5. The van der Waals surface area contributed by atoms with Crippen molar-refractivity contribution in [1.82, 2.24) is 14.5 Å². The molecule has 32 heavy (non-hydrogen) atoms. The van der Waals surface area contributed by atoms with Crippen LogP contribution in [0, 0.1) is 6.92 Å².